The Morgan fingerprint density at radius 2 is 1.83 bits per heavy atom. The van der Waals surface area contributed by atoms with Crippen molar-refractivity contribution in [2.24, 2.45) is 0 Å². The summed E-state index contributed by atoms with van der Waals surface area (Å²) in [7, 11) is 0.0673. The average molecular weight is 272 g/mol. The highest BCUT2D eigenvalue weighted by molar-refractivity contribution is 7.58. The first-order valence-electron chi connectivity index (χ1n) is 7.52. The molecule has 0 amide bonds. The highest BCUT2D eigenvalue weighted by Gasteiger charge is 2.45. The predicted octanol–water partition coefficient (Wildman–Crippen LogP) is 4.36. The Bertz CT molecular complexity index is 274. The summed E-state index contributed by atoms with van der Waals surface area (Å²) in [5, 5.41) is 0. The van der Waals surface area contributed by atoms with Crippen molar-refractivity contribution in [1.82, 2.24) is 0 Å². The van der Waals surface area contributed by atoms with Gasteiger partial charge in [-0.2, -0.15) is 0 Å². The van der Waals surface area contributed by atoms with Gasteiger partial charge < -0.3 is 9.47 Å². The van der Waals surface area contributed by atoms with Gasteiger partial charge in [0, 0.05) is 5.66 Å². The Morgan fingerprint density at radius 1 is 1.22 bits per heavy atom. The van der Waals surface area contributed by atoms with Gasteiger partial charge in [-0.1, -0.05) is 26.7 Å². The molecular formula is C15H29O2P. The van der Waals surface area contributed by atoms with Gasteiger partial charge in [0.05, 0.1) is 12.2 Å². The molecule has 0 bridgehead atoms. The minimum Gasteiger partial charge on any atom is -0.345 e. The van der Waals surface area contributed by atoms with Crippen LogP contribution in [0.15, 0.2) is 0 Å². The summed E-state index contributed by atoms with van der Waals surface area (Å²) in [5.74, 6) is -0.383. The molecule has 1 aliphatic carbocycles. The second-order valence-corrected chi connectivity index (χ2v) is 9.27. The molecule has 0 aromatic carbocycles. The molecule has 1 heterocycles. The third-order valence-electron chi connectivity index (χ3n) is 4.64. The maximum atomic E-state index is 6.19. The lowest BCUT2D eigenvalue weighted by Gasteiger charge is -2.32. The van der Waals surface area contributed by atoms with E-state index in [0.717, 1.165) is 12.1 Å². The van der Waals surface area contributed by atoms with E-state index in [4.69, 9.17) is 9.47 Å². The summed E-state index contributed by atoms with van der Waals surface area (Å²) < 4.78 is 12.2. The van der Waals surface area contributed by atoms with Crippen LogP contribution in [0.5, 0.6) is 0 Å². The predicted molar refractivity (Wildman–Crippen MR) is 78.7 cm³/mol. The van der Waals surface area contributed by atoms with Gasteiger partial charge >= 0.3 is 0 Å². The van der Waals surface area contributed by atoms with E-state index in [-0.39, 0.29) is 13.7 Å². The van der Waals surface area contributed by atoms with Crippen molar-refractivity contribution in [3.63, 3.8) is 0 Å². The first-order chi connectivity index (χ1) is 8.44. The first-order valence-corrected chi connectivity index (χ1v) is 9.45. The Kier molecular flexibility index (Phi) is 4.73. The summed E-state index contributed by atoms with van der Waals surface area (Å²) in [4.78, 5) is 0. The van der Waals surface area contributed by atoms with Gasteiger partial charge in [0.15, 0.2) is 5.79 Å². The van der Waals surface area contributed by atoms with Crippen molar-refractivity contribution in [1.29, 1.82) is 0 Å². The summed E-state index contributed by atoms with van der Waals surface area (Å²) in [5.41, 5.74) is 1.63. The van der Waals surface area contributed by atoms with Crippen molar-refractivity contribution in [2.75, 3.05) is 6.66 Å². The molecule has 2 nitrogen and oxygen atoms in total. The van der Waals surface area contributed by atoms with Crippen LogP contribution in [0, 0.1) is 0 Å². The van der Waals surface area contributed by atoms with E-state index in [9.17, 15) is 0 Å². The molecule has 0 spiro atoms. The molecule has 0 radical (unpaired) electrons. The molecule has 0 aromatic heterocycles. The van der Waals surface area contributed by atoms with Crippen molar-refractivity contribution in [3.05, 3.63) is 0 Å². The summed E-state index contributed by atoms with van der Waals surface area (Å²) in [6, 6.07) is 0. The van der Waals surface area contributed by atoms with E-state index in [1.54, 1.807) is 0 Å². The van der Waals surface area contributed by atoms with E-state index in [1.807, 2.05) is 0 Å². The van der Waals surface area contributed by atoms with Crippen LogP contribution in [-0.2, 0) is 9.47 Å². The third-order valence-corrected chi connectivity index (χ3v) is 7.89. The van der Waals surface area contributed by atoms with Gasteiger partial charge in [0.25, 0.3) is 0 Å². The SMILES string of the molecule is CCC1OC(C)(C)OC1C(C)P(C)C1CCCC1. The smallest absolute Gasteiger partial charge is 0.163 e. The Balaban J connectivity index is 2.00. The minimum absolute atomic E-state index is 0.0673. The fourth-order valence-electron chi connectivity index (χ4n) is 3.46. The second kappa shape index (κ2) is 5.77. The summed E-state index contributed by atoms with van der Waals surface area (Å²) in [6.45, 7) is 11.2. The molecule has 4 unspecified atom stereocenters. The van der Waals surface area contributed by atoms with Gasteiger partial charge in [-0.3, -0.25) is 0 Å². The molecule has 2 aliphatic rings. The van der Waals surface area contributed by atoms with Crippen LogP contribution in [0.2, 0.25) is 0 Å². The number of hydrogen-bond donors (Lipinski definition) is 0. The summed E-state index contributed by atoms with van der Waals surface area (Å²) in [6.07, 6.45) is 7.43. The molecule has 1 aliphatic heterocycles. The maximum absolute atomic E-state index is 6.19. The standard InChI is InChI=1S/C15H29O2P/c1-6-13-14(17-15(3,4)16-13)11(2)18(5)12-9-7-8-10-12/h11-14H,6-10H2,1-5H3. The van der Waals surface area contributed by atoms with Gasteiger partial charge in [-0.25, -0.2) is 0 Å². The minimum atomic E-state index is -0.383. The number of hydrogen-bond acceptors (Lipinski definition) is 2. The lowest BCUT2D eigenvalue weighted by Crippen LogP contribution is -2.33. The third kappa shape index (κ3) is 3.08. The number of ether oxygens (including phenoxy) is 2. The highest BCUT2D eigenvalue weighted by atomic mass is 31.1. The van der Waals surface area contributed by atoms with Gasteiger partial charge in [0.2, 0.25) is 0 Å². The largest absolute Gasteiger partial charge is 0.345 e. The average Bonchev–Trinajstić information content (AvgIpc) is 2.93. The molecule has 18 heavy (non-hydrogen) atoms. The van der Waals surface area contributed by atoms with Gasteiger partial charge in [0.1, 0.15) is 0 Å². The Hall–Kier alpha value is 0.350. The van der Waals surface area contributed by atoms with Crippen LogP contribution in [-0.4, -0.2) is 36.0 Å². The first kappa shape index (κ1) is 14.8. The lowest BCUT2D eigenvalue weighted by molar-refractivity contribution is -0.146. The van der Waals surface area contributed by atoms with Gasteiger partial charge in [-0.15, -0.1) is 7.92 Å². The second-order valence-electron chi connectivity index (χ2n) is 6.39. The molecule has 4 atom stereocenters. The van der Waals surface area contributed by atoms with Crippen molar-refractivity contribution >= 4 is 7.92 Å². The molecule has 1 saturated carbocycles. The lowest BCUT2D eigenvalue weighted by atomic mass is 10.1. The molecule has 106 valence electrons. The number of rotatable bonds is 4. The Morgan fingerprint density at radius 3 is 2.39 bits per heavy atom. The van der Waals surface area contributed by atoms with Crippen LogP contribution < -0.4 is 0 Å². The molecule has 2 fully saturated rings. The van der Waals surface area contributed by atoms with Crippen LogP contribution >= 0.6 is 7.92 Å². The van der Waals surface area contributed by atoms with Crippen LogP contribution in [0.4, 0.5) is 0 Å². The molecule has 0 aromatic rings. The molecule has 0 N–H and O–H groups in total. The Labute approximate surface area is 114 Å². The van der Waals surface area contributed by atoms with E-state index in [1.165, 1.54) is 25.7 Å². The van der Waals surface area contributed by atoms with Crippen molar-refractivity contribution < 1.29 is 9.47 Å². The zero-order valence-corrected chi connectivity index (χ0v) is 13.5. The fraction of sp³-hybridized carbons (Fsp3) is 1.00. The quantitative estimate of drug-likeness (QED) is 0.708. The molecule has 1 saturated heterocycles. The zero-order chi connectivity index (χ0) is 13.3. The van der Waals surface area contributed by atoms with Gasteiger partial charge in [-0.05, 0) is 45.4 Å². The summed E-state index contributed by atoms with van der Waals surface area (Å²) >= 11 is 0. The monoisotopic (exact) mass is 272 g/mol. The van der Waals surface area contributed by atoms with E-state index >= 15 is 0 Å². The van der Waals surface area contributed by atoms with Crippen molar-refractivity contribution in [2.45, 2.75) is 89.1 Å². The van der Waals surface area contributed by atoms with E-state index < -0.39 is 0 Å². The molecular weight excluding hydrogens is 243 g/mol. The maximum Gasteiger partial charge on any atom is 0.163 e. The topological polar surface area (TPSA) is 18.5 Å². The van der Waals surface area contributed by atoms with E-state index in [2.05, 4.69) is 34.4 Å². The fourth-order valence-corrected chi connectivity index (χ4v) is 6.02. The molecule has 3 heteroatoms. The normalized spacial score (nSPS) is 35.8. The van der Waals surface area contributed by atoms with Crippen LogP contribution in [0.3, 0.4) is 0 Å². The van der Waals surface area contributed by atoms with Crippen LogP contribution in [0.1, 0.15) is 59.8 Å². The highest BCUT2D eigenvalue weighted by Crippen LogP contribution is 2.53. The van der Waals surface area contributed by atoms with E-state index in [0.29, 0.717) is 17.9 Å². The van der Waals surface area contributed by atoms with Crippen LogP contribution in [0.25, 0.3) is 0 Å². The molecule has 2 rings (SSSR count). The zero-order valence-electron chi connectivity index (χ0n) is 12.6. The van der Waals surface area contributed by atoms with Crippen molar-refractivity contribution in [3.8, 4) is 0 Å².